The lowest BCUT2D eigenvalue weighted by Gasteiger charge is -2.22. The minimum absolute atomic E-state index is 0.220. The molecule has 0 spiro atoms. The highest BCUT2D eigenvalue weighted by Crippen LogP contribution is 2.24. The Morgan fingerprint density at radius 1 is 1.26 bits per heavy atom. The molecule has 0 bridgehead atoms. The van der Waals surface area contributed by atoms with Gasteiger partial charge in [-0.25, -0.2) is 0 Å². The van der Waals surface area contributed by atoms with Crippen molar-refractivity contribution in [1.29, 1.82) is 0 Å². The highest BCUT2D eigenvalue weighted by atomic mass is 32.2. The van der Waals surface area contributed by atoms with Gasteiger partial charge >= 0.3 is 5.97 Å². The Bertz CT molecular complexity index is 608. The van der Waals surface area contributed by atoms with Crippen LogP contribution in [-0.2, 0) is 14.3 Å². The smallest absolute Gasteiger partial charge is 0.313 e. The predicted octanol–water partition coefficient (Wildman–Crippen LogP) is 4.22. The first kappa shape index (κ1) is 17.8. The Morgan fingerprint density at radius 3 is 2.48 bits per heavy atom. The molecule has 1 saturated heterocycles. The number of esters is 1. The Kier molecular flexibility index (Phi) is 5.69. The van der Waals surface area contributed by atoms with Crippen LogP contribution in [0.2, 0.25) is 0 Å². The predicted molar refractivity (Wildman–Crippen MR) is 95.6 cm³/mol. The average molecular weight is 332 g/mol. The molecule has 0 amide bonds. The molecular formula is C19H24O3S. The first-order valence-electron chi connectivity index (χ1n) is 7.90. The first-order valence-corrected chi connectivity index (χ1v) is 9.06. The van der Waals surface area contributed by atoms with Gasteiger partial charge in [0.05, 0.1) is 5.92 Å². The summed E-state index contributed by atoms with van der Waals surface area (Å²) in [5.41, 5.74) is 2.32. The molecule has 1 atom stereocenters. The number of Topliss-reactive ketones (excluding diaryl/α,β-unsaturated/α-hetero) is 1. The summed E-state index contributed by atoms with van der Waals surface area (Å²) in [6, 6.07) is 7.77. The molecule has 1 heterocycles. The minimum atomic E-state index is -0.477. The summed E-state index contributed by atoms with van der Waals surface area (Å²) in [4.78, 5) is 24.0. The molecule has 23 heavy (non-hydrogen) atoms. The van der Waals surface area contributed by atoms with Crippen LogP contribution in [0.4, 0.5) is 0 Å². The summed E-state index contributed by atoms with van der Waals surface area (Å²) >= 11 is 1.79. The summed E-state index contributed by atoms with van der Waals surface area (Å²) in [6.07, 6.45) is 2.58. The molecule has 0 aromatic heterocycles. The van der Waals surface area contributed by atoms with E-state index < -0.39 is 5.60 Å². The fraction of sp³-hybridized carbons (Fsp3) is 0.474. The van der Waals surface area contributed by atoms with Crippen molar-refractivity contribution in [3.05, 3.63) is 41.0 Å². The van der Waals surface area contributed by atoms with Crippen molar-refractivity contribution in [3.8, 4) is 0 Å². The van der Waals surface area contributed by atoms with E-state index in [4.69, 9.17) is 4.74 Å². The lowest BCUT2D eigenvalue weighted by molar-refractivity contribution is -0.156. The van der Waals surface area contributed by atoms with Gasteiger partial charge in [0.25, 0.3) is 0 Å². The largest absolute Gasteiger partial charge is 0.460 e. The summed E-state index contributed by atoms with van der Waals surface area (Å²) < 4.78 is 5.42. The standard InChI is InChI=1S/C19H24O3S/c1-13(18(21)22-19(2,3)4)15-7-5-14(6-8-15)11-16-12-23-10-9-17(16)20/h5-8,11,13H,9-10,12H2,1-4H3/b16-11+. The van der Waals surface area contributed by atoms with E-state index in [1.807, 2.05) is 58.0 Å². The van der Waals surface area contributed by atoms with Gasteiger partial charge in [0.15, 0.2) is 5.78 Å². The molecule has 1 aromatic rings. The molecule has 1 aliphatic rings. The topological polar surface area (TPSA) is 43.4 Å². The zero-order valence-corrected chi connectivity index (χ0v) is 15.0. The molecule has 1 unspecified atom stereocenters. The highest BCUT2D eigenvalue weighted by molar-refractivity contribution is 7.99. The second-order valence-electron chi connectivity index (χ2n) is 6.82. The van der Waals surface area contributed by atoms with Gasteiger partial charge in [-0.15, -0.1) is 0 Å². The summed E-state index contributed by atoms with van der Waals surface area (Å²) in [5.74, 6) is 1.43. The Hall–Kier alpha value is -1.55. The lowest BCUT2D eigenvalue weighted by atomic mass is 9.98. The Balaban J connectivity index is 2.08. The lowest BCUT2D eigenvalue weighted by Crippen LogP contribution is -2.26. The van der Waals surface area contributed by atoms with Gasteiger partial charge in [0.2, 0.25) is 0 Å². The molecule has 1 aliphatic heterocycles. The molecule has 0 saturated carbocycles. The maximum atomic E-state index is 12.1. The van der Waals surface area contributed by atoms with E-state index in [9.17, 15) is 9.59 Å². The quantitative estimate of drug-likeness (QED) is 0.614. The molecule has 124 valence electrons. The van der Waals surface area contributed by atoms with E-state index >= 15 is 0 Å². The molecule has 3 nitrogen and oxygen atoms in total. The molecular weight excluding hydrogens is 308 g/mol. The van der Waals surface area contributed by atoms with Gasteiger partial charge in [0.1, 0.15) is 5.60 Å². The zero-order valence-electron chi connectivity index (χ0n) is 14.2. The molecule has 1 aromatic carbocycles. The van der Waals surface area contributed by atoms with Crippen molar-refractivity contribution in [2.24, 2.45) is 0 Å². The van der Waals surface area contributed by atoms with Crippen LogP contribution in [0, 0.1) is 0 Å². The van der Waals surface area contributed by atoms with E-state index in [1.54, 1.807) is 11.8 Å². The summed E-state index contributed by atoms with van der Waals surface area (Å²) in [7, 11) is 0. The Morgan fingerprint density at radius 2 is 1.91 bits per heavy atom. The maximum Gasteiger partial charge on any atom is 0.313 e. The van der Waals surface area contributed by atoms with Crippen molar-refractivity contribution < 1.29 is 14.3 Å². The monoisotopic (exact) mass is 332 g/mol. The van der Waals surface area contributed by atoms with Crippen LogP contribution in [0.5, 0.6) is 0 Å². The second kappa shape index (κ2) is 7.35. The number of carbonyl (C=O) groups is 2. The second-order valence-corrected chi connectivity index (χ2v) is 7.92. The van der Waals surface area contributed by atoms with E-state index in [2.05, 4.69) is 0 Å². The van der Waals surface area contributed by atoms with E-state index in [-0.39, 0.29) is 17.7 Å². The van der Waals surface area contributed by atoms with Gasteiger partial charge < -0.3 is 4.74 Å². The number of hydrogen-bond acceptors (Lipinski definition) is 4. The third-order valence-electron chi connectivity index (χ3n) is 3.63. The Labute approximate surface area is 142 Å². The van der Waals surface area contributed by atoms with Crippen LogP contribution in [0.25, 0.3) is 6.08 Å². The van der Waals surface area contributed by atoms with Crippen molar-refractivity contribution in [3.63, 3.8) is 0 Å². The first-order chi connectivity index (χ1) is 10.8. The number of carbonyl (C=O) groups excluding carboxylic acids is 2. The molecule has 4 heteroatoms. The van der Waals surface area contributed by atoms with Crippen LogP contribution in [0.1, 0.15) is 51.2 Å². The van der Waals surface area contributed by atoms with Crippen molar-refractivity contribution in [1.82, 2.24) is 0 Å². The number of rotatable bonds is 3. The number of hydrogen-bond donors (Lipinski definition) is 0. The van der Waals surface area contributed by atoms with Crippen molar-refractivity contribution in [2.75, 3.05) is 11.5 Å². The van der Waals surface area contributed by atoms with Crippen molar-refractivity contribution in [2.45, 2.75) is 45.6 Å². The molecule has 1 fully saturated rings. The van der Waals surface area contributed by atoms with Crippen LogP contribution in [-0.4, -0.2) is 28.9 Å². The minimum Gasteiger partial charge on any atom is -0.460 e. The van der Waals surface area contributed by atoms with Crippen LogP contribution in [0.15, 0.2) is 29.8 Å². The molecule has 2 rings (SSSR count). The fourth-order valence-corrected chi connectivity index (χ4v) is 3.26. The van der Waals surface area contributed by atoms with Gasteiger partial charge in [-0.3, -0.25) is 9.59 Å². The van der Waals surface area contributed by atoms with E-state index in [0.717, 1.165) is 28.2 Å². The van der Waals surface area contributed by atoms with Crippen LogP contribution >= 0.6 is 11.8 Å². The maximum absolute atomic E-state index is 12.1. The third-order valence-corrected chi connectivity index (χ3v) is 4.63. The van der Waals surface area contributed by atoms with E-state index in [1.165, 1.54) is 0 Å². The number of thioether (sulfide) groups is 1. The van der Waals surface area contributed by atoms with Crippen LogP contribution in [0.3, 0.4) is 0 Å². The number of ketones is 1. The number of ether oxygens (including phenoxy) is 1. The summed E-state index contributed by atoms with van der Waals surface area (Å²) in [5, 5.41) is 0. The molecule has 0 N–H and O–H groups in total. The number of benzene rings is 1. The average Bonchev–Trinajstić information content (AvgIpc) is 2.48. The van der Waals surface area contributed by atoms with Gasteiger partial charge in [-0.1, -0.05) is 24.3 Å². The fourth-order valence-electron chi connectivity index (χ4n) is 2.32. The highest BCUT2D eigenvalue weighted by Gasteiger charge is 2.23. The molecule has 0 radical (unpaired) electrons. The zero-order chi connectivity index (χ0) is 17.0. The van der Waals surface area contributed by atoms with Crippen molar-refractivity contribution >= 4 is 29.6 Å². The SMILES string of the molecule is CC(C(=O)OC(C)(C)C)c1ccc(/C=C2\CSCCC2=O)cc1. The summed E-state index contributed by atoms with van der Waals surface area (Å²) in [6.45, 7) is 7.45. The van der Waals surface area contributed by atoms with Gasteiger partial charge in [-0.2, -0.15) is 11.8 Å². The van der Waals surface area contributed by atoms with Gasteiger partial charge in [0, 0.05) is 23.5 Å². The van der Waals surface area contributed by atoms with Gasteiger partial charge in [-0.05, 0) is 44.9 Å². The van der Waals surface area contributed by atoms with E-state index in [0.29, 0.717) is 6.42 Å². The third kappa shape index (κ3) is 5.24. The molecule has 0 aliphatic carbocycles. The normalized spacial score (nSPS) is 18.8. The van der Waals surface area contributed by atoms with Crippen LogP contribution < -0.4 is 0 Å².